The number of fused-ring (bicyclic) bond motifs is 9. The molecule has 184 valence electrons. The molecule has 5 heteroatoms. The van der Waals surface area contributed by atoms with Gasteiger partial charge in [-0.1, -0.05) is 42.5 Å². The van der Waals surface area contributed by atoms with E-state index in [2.05, 4.69) is 100 Å². The van der Waals surface area contributed by atoms with Gasteiger partial charge in [0.15, 0.2) is 0 Å². The minimum atomic E-state index is 0.158. The molecule has 0 saturated heterocycles. The molecule has 0 spiro atoms. The standard InChI is InChI=1S/C34H22N4O/c1-3-9-27-23(7-1)33-29(11-5-17-35-33)37(27)21-13-15-31-25(19-21)26-20-22(14-16-32(26)39-31)38-28-10-4-2-8-24(28)34-30(38)12-6-18-36-34/h1-19,22H,20H2. The van der Waals surface area contributed by atoms with Crippen molar-refractivity contribution in [3.63, 3.8) is 0 Å². The van der Waals surface area contributed by atoms with E-state index >= 15 is 0 Å². The molecule has 5 heterocycles. The molecule has 5 aromatic heterocycles. The van der Waals surface area contributed by atoms with Gasteiger partial charge in [-0.25, -0.2) is 0 Å². The summed E-state index contributed by atoms with van der Waals surface area (Å²) in [6, 6.07) is 32.1. The predicted molar refractivity (Wildman–Crippen MR) is 157 cm³/mol. The third-order valence-corrected chi connectivity index (χ3v) is 8.17. The third kappa shape index (κ3) is 2.84. The Kier molecular flexibility index (Phi) is 4.11. The quantitative estimate of drug-likeness (QED) is 0.239. The number of furan rings is 1. The van der Waals surface area contributed by atoms with Crippen molar-refractivity contribution in [2.24, 2.45) is 0 Å². The van der Waals surface area contributed by atoms with Crippen molar-refractivity contribution in [3.8, 4) is 5.69 Å². The van der Waals surface area contributed by atoms with Gasteiger partial charge in [-0.3, -0.25) is 9.97 Å². The zero-order chi connectivity index (χ0) is 25.5. The van der Waals surface area contributed by atoms with Crippen molar-refractivity contribution in [3.05, 3.63) is 121 Å². The predicted octanol–water partition coefficient (Wildman–Crippen LogP) is 8.24. The van der Waals surface area contributed by atoms with Gasteiger partial charge in [-0.2, -0.15) is 0 Å². The van der Waals surface area contributed by atoms with Crippen molar-refractivity contribution in [2.45, 2.75) is 12.5 Å². The lowest BCUT2D eigenvalue weighted by molar-refractivity contribution is 0.572. The van der Waals surface area contributed by atoms with Crippen LogP contribution in [0.4, 0.5) is 0 Å². The molecule has 9 rings (SSSR count). The van der Waals surface area contributed by atoms with Crippen molar-refractivity contribution < 1.29 is 4.42 Å². The summed E-state index contributed by atoms with van der Waals surface area (Å²) in [6.07, 6.45) is 9.00. The summed E-state index contributed by atoms with van der Waals surface area (Å²) >= 11 is 0. The van der Waals surface area contributed by atoms with E-state index in [1.807, 2.05) is 24.5 Å². The summed E-state index contributed by atoms with van der Waals surface area (Å²) in [5, 5.41) is 3.50. The molecule has 0 bridgehead atoms. The number of para-hydroxylation sites is 2. The van der Waals surface area contributed by atoms with Crippen LogP contribution in [0.25, 0.3) is 66.6 Å². The van der Waals surface area contributed by atoms with Crippen LogP contribution in [0.2, 0.25) is 0 Å². The maximum atomic E-state index is 6.35. The van der Waals surface area contributed by atoms with Crippen LogP contribution in [0.3, 0.4) is 0 Å². The first-order valence-corrected chi connectivity index (χ1v) is 13.3. The van der Waals surface area contributed by atoms with Crippen LogP contribution in [-0.2, 0) is 6.42 Å². The van der Waals surface area contributed by atoms with Crippen LogP contribution in [0.15, 0.2) is 114 Å². The fourth-order valence-corrected chi connectivity index (χ4v) is 6.52. The van der Waals surface area contributed by atoms with Crippen LogP contribution >= 0.6 is 0 Å². The average Bonchev–Trinajstić information content (AvgIpc) is 3.64. The van der Waals surface area contributed by atoms with Gasteiger partial charge >= 0.3 is 0 Å². The molecule has 1 atom stereocenters. The lowest BCUT2D eigenvalue weighted by atomic mass is 9.96. The molecule has 1 unspecified atom stereocenters. The van der Waals surface area contributed by atoms with E-state index in [4.69, 9.17) is 14.4 Å². The van der Waals surface area contributed by atoms with Gasteiger partial charge in [0.2, 0.25) is 0 Å². The number of allylic oxidation sites excluding steroid dienone is 1. The van der Waals surface area contributed by atoms with E-state index < -0.39 is 0 Å². The molecule has 0 aliphatic heterocycles. The first-order valence-electron chi connectivity index (χ1n) is 13.3. The Morgan fingerprint density at radius 1 is 0.667 bits per heavy atom. The van der Waals surface area contributed by atoms with Crippen LogP contribution in [-0.4, -0.2) is 19.1 Å². The average molecular weight is 503 g/mol. The van der Waals surface area contributed by atoms with Gasteiger partial charge in [0, 0.05) is 46.2 Å². The highest BCUT2D eigenvalue weighted by Gasteiger charge is 2.25. The lowest BCUT2D eigenvalue weighted by Gasteiger charge is -2.21. The smallest absolute Gasteiger partial charge is 0.135 e. The van der Waals surface area contributed by atoms with Gasteiger partial charge in [-0.15, -0.1) is 0 Å². The highest BCUT2D eigenvalue weighted by molar-refractivity contribution is 6.07. The van der Waals surface area contributed by atoms with Gasteiger partial charge in [0.25, 0.3) is 0 Å². The number of pyridine rings is 2. The molecular formula is C34H22N4O. The van der Waals surface area contributed by atoms with Crippen LogP contribution in [0.1, 0.15) is 17.4 Å². The molecular weight excluding hydrogens is 480 g/mol. The minimum absolute atomic E-state index is 0.158. The second-order valence-electron chi connectivity index (χ2n) is 10.2. The number of nitrogens with zero attached hydrogens (tertiary/aromatic N) is 4. The maximum Gasteiger partial charge on any atom is 0.135 e. The lowest BCUT2D eigenvalue weighted by Crippen LogP contribution is -2.12. The Balaban J connectivity index is 1.24. The molecule has 1 aliphatic rings. The zero-order valence-electron chi connectivity index (χ0n) is 21.0. The van der Waals surface area contributed by atoms with Gasteiger partial charge in [-0.05, 0) is 60.7 Å². The second kappa shape index (κ2) is 7.68. The largest absolute Gasteiger partial charge is 0.456 e. The second-order valence-corrected chi connectivity index (χ2v) is 10.2. The Morgan fingerprint density at radius 3 is 2.21 bits per heavy atom. The molecule has 1 aliphatic carbocycles. The summed E-state index contributed by atoms with van der Waals surface area (Å²) in [6.45, 7) is 0. The van der Waals surface area contributed by atoms with Crippen molar-refractivity contribution in [1.82, 2.24) is 19.1 Å². The number of benzene rings is 3. The normalized spacial score (nSPS) is 15.2. The molecule has 3 aromatic carbocycles. The first-order chi connectivity index (χ1) is 19.3. The van der Waals surface area contributed by atoms with E-state index in [9.17, 15) is 0 Å². The van der Waals surface area contributed by atoms with Crippen LogP contribution in [0.5, 0.6) is 0 Å². The summed E-state index contributed by atoms with van der Waals surface area (Å²) in [7, 11) is 0. The molecule has 0 amide bonds. The number of hydrogen-bond acceptors (Lipinski definition) is 3. The Hall–Kier alpha value is -5.16. The summed E-state index contributed by atoms with van der Waals surface area (Å²) in [4.78, 5) is 9.44. The summed E-state index contributed by atoms with van der Waals surface area (Å²) in [5.41, 5.74) is 9.95. The molecule has 8 aromatic rings. The Bertz CT molecular complexity index is 2170. The van der Waals surface area contributed by atoms with Crippen LogP contribution < -0.4 is 0 Å². The van der Waals surface area contributed by atoms with Gasteiger partial charge in [0.05, 0.1) is 39.1 Å². The molecule has 5 nitrogen and oxygen atoms in total. The summed E-state index contributed by atoms with van der Waals surface area (Å²) < 4.78 is 11.1. The summed E-state index contributed by atoms with van der Waals surface area (Å²) in [5.74, 6) is 0.946. The SMILES string of the molecule is C1=CC(n2c3ccccc3c3ncccc32)Cc2c1oc1ccc(-n3c4ccccc4c4ncccc43)cc21. The molecule has 0 saturated carbocycles. The monoisotopic (exact) mass is 502 g/mol. The van der Waals surface area contributed by atoms with E-state index in [1.165, 1.54) is 16.5 Å². The third-order valence-electron chi connectivity index (χ3n) is 8.17. The van der Waals surface area contributed by atoms with Crippen molar-refractivity contribution >= 4 is 60.9 Å². The zero-order valence-corrected chi connectivity index (χ0v) is 21.0. The molecule has 0 fully saturated rings. The van der Waals surface area contributed by atoms with Crippen LogP contribution in [0, 0.1) is 0 Å². The number of hydrogen-bond donors (Lipinski definition) is 0. The highest BCUT2D eigenvalue weighted by atomic mass is 16.3. The van der Waals surface area contributed by atoms with E-state index in [1.54, 1.807) is 0 Å². The van der Waals surface area contributed by atoms with E-state index in [0.29, 0.717) is 0 Å². The molecule has 0 N–H and O–H groups in total. The first kappa shape index (κ1) is 20.8. The maximum absolute atomic E-state index is 6.35. The Labute approximate surface area is 223 Å². The Morgan fingerprint density at radius 2 is 1.36 bits per heavy atom. The number of rotatable bonds is 2. The van der Waals surface area contributed by atoms with Gasteiger partial charge < -0.3 is 13.6 Å². The molecule has 0 radical (unpaired) electrons. The fraction of sp³-hybridized carbons (Fsp3) is 0.0588. The molecule has 39 heavy (non-hydrogen) atoms. The van der Waals surface area contributed by atoms with Gasteiger partial charge in [0.1, 0.15) is 11.3 Å². The topological polar surface area (TPSA) is 48.8 Å². The van der Waals surface area contributed by atoms with Crippen molar-refractivity contribution in [2.75, 3.05) is 0 Å². The van der Waals surface area contributed by atoms with E-state index in [-0.39, 0.29) is 6.04 Å². The minimum Gasteiger partial charge on any atom is -0.456 e. The van der Waals surface area contributed by atoms with Crippen molar-refractivity contribution in [1.29, 1.82) is 0 Å². The number of aromatic nitrogens is 4. The van der Waals surface area contributed by atoms with E-state index in [0.717, 1.165) is 61.8 Å². The highest BCUT2D eigenvalue weighted by Crippen LogP contribution is 2.40. The fourth-order valence-electron chi connectivity index (χ4n) is 6.52.